The van der Waals surface area contributed by atoms with Gasteiger partial charge in [-0.25, -0.2) is 4.98 Å². The number of nitrogens with one attached hydrogen (secondary N) is 1. The molecule has 0 bridgehead atoms. The van der Waals surface area contributed by atoms with E-state index in [1.54, 1.807) is 12.3 Å². The van der Waals surface area contributed by atoms with Crippen molar-refractivity contribution < 1.29 is 4.74 Å². The maximum Gasteiger partial charge on any atom is 0.129 e. The molecule has 1 N–H and O–H groups in total. The third-order valence-corrected chi connectivity index (χ3v) is 3.39. The minimum Gasteiger partial charge on any atom is -0.494 e. The molecule has 0 spiro atoms. The Balaban J connectivity index is 1.78. The van der Waals surface area contributed by atoms with Gasteiger partial charge in [0.25, 0.3) is 0 Å². The van der Waals surface area contributed by atoms with Crippen LogP contribution in [0, 0.1) is 0 Å². The largest absolute Gasteiger partial charge is 0.494 e. The zero-order chi connectivity index (χ0) is 14.9. The van der Waals surface area contributed by atoms with Crippen LogP contribution in [0.2, 0.25) is 5.15 Å². The van der Waals surface area contributed by atoms with Gasteiger partial charge in [0.1, 0.15) is 10.9 Å². The standard InChI is InChI=1S/C17H21ClN2O/c1-2-3-4-11-21-16-8-5-14(6-9-16)12-19-15-7-10-17(18)20-13-15/h5-10,13,19H,2-4,11-12H2,1H3. The number of hydrogen-bond acceptors (Lipinski definition) is 3. The Bertz CT molecular complexity index is 525. The van der Waals surface area contributed by atoms with E-state index >= 15 is 0 Å². The van der Waals surface area contributed by atoms with Gasteiger partial charge < -0.3 is 10.1 Å². The maximum absolute atomic E-state index is 5.75. The van der Waals surface area contributed by atoms with Crippen LogP contribution in [0.25, 0.3) is 0 Å². The number of unbranched alkanes of at least 4 members (excludes halogenated alkanes) is 2. The summed E-state index contributed by atoms with van der Waals surface area (Å²) in [6.07, 6.45) is 5.28. The highest BCUT2D eigenvalue weighted by Gasteiger charge is 1.97. The van der Waals surface area contributed by atoms with Crippen molar-refractivity contribution in [1.29, 1.82) is 0 Å². The first-order chi connectivity index (χ1) is 10.3. The fraction of sp³-hybridized carbons (Fsp3) is 0.353. The summed E-state index contributed by atoms with van der Waals surface area (Å²) >= 11 is 5.75. The van der Waals surface area contributed by atoms with Crippen molar-refractivity contribution in [3.8, 4) is 5.75 Å². The molecule has 1 heterocycles. The van der Waals surface area contributed by atoms with Crippen LogP contribution in [-0.4, -0.2) is 11.6 Å². The number of nitrogens with zero attached hydrogens (tertiary/aromatic N) is 1. The molecule has 112 valence electrons. The summed E-state index contributed by atoms with van der Waals surface area (Å²) in [5.41, 5.74) is 2.16. The number of rotatable bonds is 8. The summed E-state index contributed by atoms with van der Waals surface area (Å²) in [6, 6.07) is 11.9. The molecule has 2 rings (SSSR count). The summed E-state index contributed by atoms with van der Waals surface area (Å²) in [7, 11) is 0. The highest BCUT2D eigenvalue weighted by atomic mass is 35.5. The van der Waals surface area contributed by atoms with E-state index in [0.717, 1.165) is 31.0 Å². The van der Waals surface area contributed by atoms with Gasteiger partial charge in [-0.1, -0.05) is 43.5 Å². The van der Waals surface area contributed by atoms with Crippen LogP contribution >= 0.6 is 11.6 Å². The number of pyridine rings is 1. The molecule has 0 saturated heterocycles. The van der Waals surface area contributed by atoms with E-state index in [9.17, 15) is 0 Å². The zero-order valence-corrected chi connectivity index (χ0v) is 13.1. The van der Waals surface area contributed by atoms with Crippen LogP contribution in [-0.2, 0) is 6.54 Å². The van der Waals surface area contributed by atoms with Crippen molar-refractivity contribution in [2.24, 2.45) is 0 Å². The lowest BCUT2D eigenvalue weighted by Gasteiger charge is -2.08. The lowest BCUT2D eigenvalue weighted by Crippen LogP contribution is -2.00. The minimum atomic E-state index is 0.505. The van der Waals surface area contributed by atoms with Gasteiger partial charge in [-0.15, -0.1) is 0 Å². The van der Waals surface area contributed by atoms with E-state index in [-0.39, 0.29) is 0 Å². The molecule has 0 aliphatic rings. The number of ether oxygens (including phenoxy) is 1. The number of benzene rings is 1. The molecule has 2 aromatic rings. The molecule has 0 radical (unpaired) electrons. The van der Waals surface area contributed by atoms with Crippen molar-refractivity contribution in [2.45, 2.75) is 32.7 Å². The lowest BCUT2D eigenvalue weighted by molar-refractivity contribution is 0.306. The molecular formula is C17H21ClN2O. The van der Waals surface area contributed by atoms with Crippen LogP contribution < -0.4 is 10.1 Å². The van der Waals surface area contributed by atoms with E-state index in [1.165, 1.54) is 18.4 Å². The van der Waals surface area contributed by atoms with Gasteiger partial charge in [0, 0.05) is 6.54 Å². The third-order valence-electron chi connectivity index (χ3n) is 3.16. The van der Waals surface area contributed by atoms with Crippen molar-refractivity contribution in [2.75, 3.05) is 11.9 Å². The first kappa shape index (κ1) is 15.6. The molecule has 0 saturated carbocycles. The molecular weight excluding hydrogens is 284 g/mol. The van der Waals surface area contributed by atoms with E-state index < -0.39 is 0 Å². The average molecular weight is 305 g/mol. The van der Waals surface area contributed by atoms with Gasteiger partial charge >= 0.3 is 0 Å². The first-order valence-electron chi connectivity index (χ1n) is 7.35. The van der Waals surface area contributed by atoms with Gasteiger partial charge in [-0.05, 0) is 36.2 Å². The Morgan fingerprint density at radius 3 is 2.57 bits per heavy atom. The number of halogens is 1. The van der Waals surface area contributed by atoms with E-state index in [1.807, 2.05) is 18.2 Å². The van der Waals surface area contributed by atoms with Crippen LogP contribution in [0.5, 0.6) is 5.75 Å². The van der Waals surface area contributed by atoms with Crippen LogP contribution in [0.3, 0.4) is 0 Å². The van der Waals surface area contributed by atoms with Gasteiger partial charge in [0.2, 0.25) is 0 Å². The molecule has 0 amide bonds. The molecule has 3 nitrogen and oxygen atoms in total. The fourth-order valence-electron chi connectivity index (χ4n) is 1.93. The predicted octanol–water partition coefficient (Wildman–Crippen LogP) is 4.92. The monoisotopic (exact) mass is 304 g/mol. The summed E-state index contributed by atoms with van der Waals surface area (Å²) in [5, 5.41) is 3.81. The van der Waals surface area contributed by atoms with Crippen molar-refractivity contribution >= 4 is 17.3 Å². The second-order valence-electron chi connectivity index (χ2n) is 4.92. The smallest absolute Gasteiger partial charge is 0.129 e. The third kappa shape index (κ3) is 5.64. The second kappa shape index (κ2) is 8.53. The molecule has 0 atom stereocenters. The first-order valence-corrected chi connectivity index (χ1v) is 7.73. The number of anilines is 1. The Kier molecular flexibility index (Phi) is 6.35. The minimum absolute atomic E-state index is 0.505. The van der Waals surface area contributed by atoms with Gasteiger partial charge in [-0.3, -0.25) is 0 Å². The molecule has 0 fully saturated rings. The Morgan fingerprint density at radius 2 is 1.90 bits per heavy atom. The highest BCUT2D eigenvalue weighted by Crippen LogP contribution is 2.15. The second-order valence-corrected chi connectivity index (χ2v) is 5.31. The molecule has 0 aliphatic carbocycles. The zero-order valence-electron chi connectivity index (χ0n) is 12.3. The van der Waals surface area contributed by atoms with Crippen LogP contribution in [0.1, 0.15) is 31.7 Å². The van der Waals surface area contributed by atoms with Gasteiger partial charge in [-0.2, -0.15) is 0 Å². The quantitative estimate of drug-likeness (QED) is 0.555. The normalized spacial score (nSPS) is 10.4. The van der Waals surface area contributed by atoms with Crippen LogP contribution in [0.15, 0.2) is 42.6 Å². The Labute approximate surface area is 131 Å². The summed E-state index contributed by atoms with van der Waals surface area (Å²) < 4.78 is 5.69. The molecule has 1 aromatic carbocycles. The van der Waals surface area contributed by atoms with Crippen LogP contribution in [0.4, 0.5) is 5.69 Å². The highest BCUT2D eigenvalue weighted by molar-refractivity contribution is 6.29. The molecule has 1 aromatic heterocycles. The maximum atomic E-state index is 5.75. The molecule has 21 heavy (non-hydrogen) atoms. The molecule has 0 aliphatic heterocycles. The summed E-state index contributed by atoms with van der Waals surface area (Å²) in [6.45, 7) is 3.74. The SMILES string of the molecule is CCCCCOc1ccc(CNc2ccc(Cl)nc2)cc1. The van der Waals surface area contributed by atoms with Gasteiger partial charge in [0.15, 0.2) is 0 Å². The van der Waals surface area contributed by atoms with E-state index in [4.69, 9.17) is 16.3 Å². The Morgan fingerprint density at radius 1 is 1.10 bits per heavy atom. The molecule has 0 unspecified atom stereocenters. The topological polar surface area (TPSA) is 34.1 Å². The molecule has 4 heteroatoms. The number of aromatic nitrogens is 1. The van der Waals surface area contributed by atoms with Crippen molar-refractivity contribution in [3.63, 3.8) is 0 Å². The average Bonchev–Trinajstić information content (AvgIpc) is 2.52. The number of hydrogen-bond donors (Lipinski definition) is 1. The summed E-state index contributed by atoms with van der Waals surface area (Å²) in [5.74, 6) is 0.933. The summed E-state index contributed by atoms with van der Waals surface area (Å²) in [4.78, 5) is 4.04. The van der Waals surface area contributed by atoms with E-state index in [0.29, 0.717) is 5.15 Å². The lowest BCUT2D eigenvalue weighted by atomic mass is 10.2. The fourth-order valence-corrected chi connectivity index (χ4v) is 2.04. The Hall–Kier alpha value is -1.74. The van der Waals surface area contributed by atoms with Gasteiger partial charge in [0.05, 0.1) is 18.5 Å². The van der Waals surface area contributed by atoms with Crippen molar-refractivity contribution in [1.82, 2.24) is 4.98 Å². The predicted molar refractivity (Wildman–Crippen MR) is 88.0 cm³/mol. The van der Waals surface area contributed by atoms with Crippen molar-refractivity contribution in [3.05, 3.63) is 53.3 Å². The van der Waals surface area contributed by atoms with E-state index in [2.05, 4.69) is 29.4 Å².